The zero-order valence-corrected chi connectivity index (χ0v) is 31.2. The number of carbonyl (C=O) groups excluding carboxylic acids is 2. The fraction of sp³-hybridized carbons (Fsp3) is 0.514. The number of amides is 3. The van der Waals surface area contributed by atoms with Crippen molar-refractivity contribution in [1.29, 1.82) is 0 Å². The van der Waals surface area contributed by atoms with E-state index in [1.807, 2.05) is 25.3 Å². The molecule has 0 unspecified atom stereocenters. The van der Waals surface area contributed by atoms with E-state index in [0.717, 1.165) is 22.2 Å². The van der Waals surface area contributed by atoms with Crippen LogP contribution in [0.5, 0.6) is 0 Å². The second kappa shape index (κ2) is 16.9. The van der Waals surface area contributed by atoms with Crippen LogP contribution >= 0.6 is 0 Å². The number of likely N-dealkylation sites (N-methyl/N-ethyl adjacent to an activating group) is 2. The van der Waals surface area contributed by atoms with Crippen molar-refractivity contribution in [2.24, 2.45) is 5.92 Å². The minimum absolute atomic E-state index is 0.0222. The molecular weight excluding hydrogens is 648 g/mol. The number of ether oxygens (including phenoxy) is 1. The van der Waals surface area contributed by atoms with Crippen LogP contribution in [0, 0.1) is 18.7 Å². The number of rotatable bonds is 16. The Labute approximate surface area is 288 Å². The Morgan fingerprint density at radius 2 is 1.88 bits per heavy atom. The number of pyridine rings is 2. The topological polar surface area (TPSA) is 139 Å². The van der Waals surface area contributed by atoms with Crippen molar-refractivity contribution in [2.45, 2.75) is 85.0 Å². The van der Waals surface area contributed by atoms with Crippen LogP contribution < -0.4 is 10.9 Å². The fourth-order valence-electron chi connectivity index (χ4n) is 5.39. The van der Waals surface area contributed by atoms with E-state index in [2.05, 4.69) is 29.9 Å². The van der Waals surface area contributed by atoms with E-state index in [1.54, 1.807) is 32.4 Å². The molecule has 3 amide bonds. The Morgan fingerprint density at radius 1 is 1.18 bits per heavy atom. The number of allylic oxidation sites excluding steroid dienone is 1. The molecule has 0 bridgehead atoms. The molecule has 0 aliphatic carbocycles. The Bertz CT molecular complexity index is 1740. The van der Waals surface area contributed by atoms with E-state index in [1.165, 1.54) is 34.9 Å². The molecule has 0 aliphatic rings. The highest BCUT2D eigenvalue weighted by Crippen LogP contribution is 2.31. The van der Waals surface area contributed by atoms with Gasteiger partial charge in [-0.15, -0.1) is 0 Å². The van der Waals surface area contributed by atoms with Crippen molar-refractivity contribution in [3.05, 3.63) is 69.7 Å². The molecule has 3 aromatic heterocycles. The molecule has 0 aliphatic heterocycles. The van der Waals surface area contributed by atoms with Gasteiger partial charge in [0.15, 0.2) is 0 Å². The third-order valence-corrected chi connectivity index (χ3v) is 10.0. The van der Waals surface area contributed by atoms with Crippen LogP contribution in [0.4, 0.5) is 14.9 Å². The Morgan fingerprint density at radius 3 is 2.49 bits per heavy atom. The zero-order chi connectivity index (χ0) is 36.6. The molecule has 0 fully saturated rings. The van der Waals surface area contributed by atoms with Crippen LogP contribution in [0.25, 0.3) is 11.0 Å². The average Bonchev–Trinajstić information content (AvgIpc) is 3.27. The van der Waals surface area contributed by atoms with E-state index in [9.17, 15) is 24.3 Å². The molecule has 14 heteroatoms. The van der Waals surface area contributed by atoms with Gasteiger partial charge in [-0.3, -0.25) is 24.3 Å². The van der Waals surface area contributed by atoms with Crippen molar-refractivity contribution in [3.8, 4) is 0 Å². The SMILES string of the molecule is Cc1c(Cn2cccc(NC(=O)[C@H](CC/C=C/C(=O)N(C)C)N(C)C(=O)O)c2=O)n(COCC[Si](C)(C)C)c2c(CC(C)C)c(F)cnc12. The summed E-state index contributed by atoms with van der Waals surface area (Å²) >= 11 is 0. The number of anilines is 1. The maximum absolute atomic E-state index is 15.3. The van der Waals surface area contributed by atoms with Crippen LogP contribution in [0.1, 0.15) is 43.5 Å². The number of hydrogen-bond acceptors (Lipinski definition) is 6. The summed E-state index contributed by atoms with van der Waals surface area (Å²) in [7, 11) is 3.13. The summed E-state index contributed by atoms with van der Waals surface area (Å²) in [5.41, 5.74) is 2.82. The molecule has 3 rings (SSSR count). The number of nitrogens with zero attached hydrogens (tertiary/aromatic N) is 5. The standard InChI is InChI=1S/C35H51FN6O6Si/c1-23(2)19-25-26(36)20-37-31-24(3)29(42(32(25)31)22-48-17-18-49(7,8)9)21-41-16-12-13-27(34(41)45)38-33(44)28(40(6)35(46)47)14-10-11-15-30(43)39(4)5/h11-13,15-16,20,23,28H,10,14,17-19,21-22H2,1-9H3,(H,38,44)(H,46,47)/b15-11+/t28-/m0/s1. The first-order chi connectivity index (χ1) is 22.9. The van der Waals surface area contributed by atoms with E-state index in [4.69, 9.17) is 4.74 Å². The first kappa shape index (κ1) is 39.1. The van der Waals surface area contributed by atoms with E-state index in [-0.39, 0.29) is 43.6 Å². The molecule has 0 spiro atoms. The molecule has 0 radical (unpaired) electrons. The predicted molar refractivity (Wildman–Crippen MR) is 192 cm³/mol. The number of carboxylic acid groups (broad SMARTS) is 1. The lowest BCUT2D eigenvalue weighted by Crippen LogP contribution is -2.45. The number of nitrogens with one attached hydrogen (secondary N) is 1. The lowest BCUT2D eigenvalue weighted by Gasteiger charge is -2.24. The molecular formula is C35H51FN6O6Si. The van der Waals surface area contributed by atoms with Gasteiger partial charge in [0.25, 0.3) is 5.56 Å². The highest BCUT2D eigenvalue weighted by atomic mass is 28.3. The number of aryl methyl sites for hydroxylation is 1. The lowest BCUT2D eigenvalue weighted by atomic mass is 10.0. The van der Waals surface area contributed by atoms with Gasteiger partial charge in [-0.25, -0.2) is 9.18 Å². The first-order valence-electron chi connectivity index (χ1n) is 16.5. The average molecular weight is 699 g/mol. The molecule has 49 heavy (non-hydrogen) atoms. The smallest absolute Gasteiger partial charge is 0.407 e. The largest absolute Gasteiger partial charge is 0.465 e. The quantitative estimate of drug-likeness (QED) is 0.114. The monoisotopic (exact) mass is 698 g/mol. The first-order valence-corrected chi connectivity index (χ1v) is 20.2. The highest BCUT2D eigenvalue weighted by molar-refractivity contribution is 6.76. The van der Waals surface area contributed by atoms with Gasteiger partial charge in [0.2, 0.25) is 11.8 Å². The van der Waals surface area contributed by atoms with Gasteiger partial charge < -0.3 is 29.2 Å². The van der Waals surface area contributed by atoms with Crippen molar-refractivity contribution < 1.29 is 28.6 Å². The van der Waals surface area contributed by atoms with Gasteiger partial charge in [0, 0.05) is 53.3 Å². The Hall–Kier alpha value is -4.30. The van der Waals surface area contributed by atoms with Gasteiger partial charge in [-0.2, -0.15) is 0 Å². The third kappa shape index (κ3) is 10.3. The van der Waals surface area contributed by atoms with Crippen molar-refractivity contribution in [2.75, 3.05) is 33.1 Å². The number of aromatic nitrogens is 3. The van der Waals surface area contributed by atoms with Crippen LogP contribution in [0.2, 0.25) is 25.7 Å². The summed E-state index contributed by atoms with van der Waals surface area (Å²) in [5, 5.41) is 12.2. The van der Waals surface area contributed by atoms with Crippen molar-refractivity contribution in [1.82, 2.24) is 23.9 Å². The molecule has 3 aromatic rings. The fourth-order valence-corrected chi connectivity index (χ4v) is 6.15. The van der Waals surface area contributed by atoms with Crippen LogP contribution in [-0.2, 0) is 34.0 Å². The minimum Gasteiger partial charge on any atom is -0.465 e. The summed E-state index contributed by atoms with van der Waals surface area (Å²) in [6.45, 7) is 13.5. The Balaban J connectivity index is 1.98. The molecule has 268 valence electrons. The summed E-state index contributed by atoms with van der Waals surface area (Å²) < 4.78 is 24.8. The summed E-state index contributed by atoms with van der Waals surface area (Å²) in [6, 6.07) is 2.92. The predicted octanol–water partition coefficient (Wildman–Crippen LogP) is 5.55. The number of halogens is 1. The molecule has 2 N–H and O–H groups in total. The molecule has 0 saturated carbocycles. The van der Waals surface area contributed by atoms with Gasteiger partial charge >= 0.3 is 6.09 Å². The van der Waals surface area contributed by atoms with Crippen molar-refractivity contribution >= 4 is 42.7 Å². The van der Waals surface area contributed by atoms with E-state index in [0.29, 0.717) is 29.6 Å². The molecule has 3 heterocycles. The second-order valence-corrected chi connectivity index (χ2v) is 19.8. The van der Waals surface area contributed by atoms with Gasteiger partial charge in [-0.1, -0.05) is 39.6 Å². The maximum Gasteiger partial charge on any atom is 0.407 e. The molecule has 0 saturated heterocycles. The van der Waals surface area contributed by atoms with E-state index < -0.39 is 37.5 Å². The van der Waals surface area contributed by atoms with Gasteiger partial charge in [0.1, 0.15) is 24.3 Å². The van der Waals surface area contributed by atoms with Crippen LogP contribution in [0.3, 0.4) is 0 Å². The number of fused-ring (bicyclic) bond motifs is 1. The normalized spacial score (nSPS) is 12.6. The van der Waals surface area contributed by atoms with Crippen molar-refractivity contribution in [3.63, 3.8) is 0 Å². The molecule has 1 atom stereocenters. The third-order valence-electron chi connectivity index (χ3n) is 8.30. The Kier molecular flexibility index (Phi) is 13.5. The van der Waals surface area contributed by atoms with Gasteiger partial charge in [0.05, 0.1) is 23.8 Å². The number of carbonyl (C=O) groups is 3. The minimum atomic E-state index is -1.37. The van der Waals surface area contributed by atoms with Gasteiger partial charge in [-0.05, 0) is 61.9 Å². The zero-order valence-electron chi connectivity index (χ0n) is 30.2. The van der Waals surface area contributed by atoms with E-state index >= 15 is 4.39 Å². The molecule has 0 aromatic carbocycles. The maximum atomic E-state index is 15.3. The van der Waals surface area contributed by atoms with Crippen LogP contribution in [-0.4, -0.2) is 88.8 Å². The summed E-state index contributed by atoms with van der Waals surface area (Å²) in [6.07, 6.45) is 5.32. The highest BCUT2D eigenvalue weighted by Gasteiger charge is 2.27. The summed E-state index contributed by atoms with van der Waals surface area (Å²) in [4.78, 5) is 57.5. The lowest BCUT2D eigenvalue weighted by molar-refractivity contribution is -0.123. The summed E-state index contributed by atoms with van der Waals surface area (Å²) in [5.74, 6) is -1.12. The number of hydrogen-bond donors (Lipinski definition) is 2. The van der Waals surface area contributed by atoms with Crippen LogP contribution in [0.15, 0.2) is 41.5 Å². The second-order valence-electron chi connectivity index (χ2n) is 14.2. The molecule has 12 nitrogen and oxygen atoms in total.